The Morgan fingerprint density at radius 1 is 0.552 bits per heavy atom. The third-order valence-electron chi connectivity index (χ3n) is 5.61. The summed E-state index contributed by atoms with van der Waals surface area (Å²) in [6.07, 6.45) is 3.70. The van der Waals surface area contributed by atoms with Crippen molar-refractivity contribution < 1.29 is 0 Å². The van der Waals surface area contributed by atoms with Crippen LogP contribution in [-0.2, 0) is 19.3 Å². The molecule has 0 N–H and O–H groups in total. The van der Waals surface area contributed by atoms with Gasteiger partial charge in [0.25, 0.3) is 0 Å². The minimum Gasteiger partial charge on any atom is -0.0630 e. The Morgan fingerprint density at radius 2 is 0.897 bits per heavy atom. The highest BCUT2D eigenvalue weighted by atomic mass is 14.3. The topological polar surface area (TPSA) is 0 Å². The van der Waals surface area contributed by atoms with Crippen molar-refractivity contribution >= 4 is 0 Å². The van der Waals surface area contributed by atoms with Gasteiger partial charge in [-0.05, 0) is 64.5 Å². The van der Waals surface area contributed by atoms with Crippen LogP contribution in [0.2, 0.25) is 0 Å². The predicted molar refractivity (Wildman–Crippen MR) is 127 cm³/mol. The summed E-state index contributed by atoms with van der Waals surface area (Å²) < 4.78 is 0. The smallest absolute Gasteiger partial charge is 0.0118 e. The maximum Gasteiger partial charge on any atom is 0.0118 e. The van der Waals surface area contributed by atoms with E-state index < -0.39 is 0 Å². The third kappa shape index (κ3) is 5.38. The first-order valence-electron chi connectivity index (χ1n) is 11.2. The zero-order valence-corrected chi connectivity index (χ0v) is 18.8. The molecule has 0 aliphatic heterocycles. The number of benzene rings is 3. The van der Waals surface area contributed by atoms with Crippen molar-refractivity contribution in [3.8, 4) is 0 Å². The van der Waals surface area contributed by atoms with Gasteiger partial charge in [-0.2, -0.15) is 0 Å². The summed E-state index contributed by atoms with van der Waals surface area (Å²) in [5, 5.41) is 0. The van der Waals surface area contributed by atoms with Gasteiger partial charge in [0.1, 0.15) is 0 Å². The number of hydrogen-bond donors (Lipinski definition) is 0. The SMILES string of the molecule is CC(C)C.CC(C)C1c2ccccc2Cc2ccccc21.c1ccc2c(c1)CC2. The lowest BCUT2D eigenvalue weighted by atomic mass is 9.73. The summed E-state index contributed by atoms with van der Waals surface area (Å²) >= 11 is 0. The molecule has 0 radical (unpaired) electrons. The second-order valence-corrected chi connectivity index (χ2v) is 9.30. The van der Waals surface area contributed by atoms with Crippen LogP contribution in [-0.4, -0.2) is 0 Å². The standard InChI is InChI=1S/C17H18.C8H8.C4H10/c1-12(2)17-15-9-5-3-7-13(15)11-14-8-4-6-10-16(14)17;1-2-4-8-6-5-7(8)3-1;1-4(2)3/h3-10,12,17H,11H2,1-2H3;1-4H,5-6H2;4H,1-3H3. The molecule has 0 aromatic heterocycles. The maximum atomic E-state index is 2.32. The van der Waals surface area contributed by atoms with E-state index in [1.54, 1.807) is 11.1 Å². The first-order valence-corrected chi connectivity index (χ1v) is 11.2. The van der Waals surface area contributed by atoms with E-state index in [9.17, 15) is 0 Å². The average Bonchev–Trinajstić information content (AvgIpc) is 2.67. The van der Waals surface area contributed by atoms with Crippen LogP contribution in [0.15, 0.2) is 72.8 Å². The molecule has 2 aliphatic carbocycles. The molecule has 0 saturated heterocycles. The maximum absolute atomic E-state index is 2.32. The van der Waals surface area contributed by atoms with E-state index in [0.717, 1.165) is 12.3 Å². The quantitative estimate of drug-likeness (QED) is 0.401. The molecule has 0 heteroatoms. The molecule has 0 nitrogen and oxygen atoms in total. The molecule has 5 rings (SSSR count). The van der Waals surface area contributed by atoms with E-state index in [2.05, 4.69) is 107 Å². The molecule has 3 aromatic rings. The minimum absolute atomic E-state index is 0.566. The molecule has 0 unspecified atom stereocenters. The number of rotatable bonds is 1. The Labute approximate surface area is 178 Å². The van der Waals surface area contributed by atoms with Gasteiger partial charge in [-0.25, -0.2) is 0 Å². The number of fused-ring (bicyclic) bond motifs is 3. The molecule has 2 aliphatic rings. The highest BCUT2D eigenvalue weighted by Gasteiger charge is 2.26. The summed E-state index contributed by atoms with van der Waals surface area (Å²) in [5.74, 6) is 2.05. The van der Waals surface area contributed by atoms with Crippen LogP contribution in [0.3, 0.4) is 0 Å². The van der Waals surface area contributed by atoms with E-state index in [0.29, 0.717) is 11.8 Å². The molecule has 152 valence electrons. The molecule has 0 heterocycles. The van der Waals surface area contributed by atoms with E-state index >= 15 is 0 Å². The van der Waals surface area contributed by atoms with Gasteiger partial charge in [-0.15, -0.1) is 0 Å². The van der Waals surface area contributed by atoms with Crippen LogP contribution in [0, 0.1) is 11.8 Å². The van der Waals surface area contributed by atoms with Crippen molar-refractivity contribution in [2.45, 2.75) is 59.8 Å². The lowest BCUT2D eigenvalue weighted by Crippen LogP contribution is -2.17. The Kier molecular flexibility index (Phi) is 7.31. The van der Waals surface area contributed by atoms with Crippen molar-refractivity contribution in [2.24, 2.45) is 11.8 Å². The van der Waals surface area contributed by atoms with E-state index in [1.165, 1.54) is 35.1 Å². The van der Waals surface area contributed by atoms with Gasteiger partial charge in [-0.3, -0.25) is 0 Å². The summed E-state index contributed by atoms with van der Waals surface area (Å²) in [5.41, 5.74) is 9.16. The van der Waals surface area contributed by atoms with Gasteiger partial charge in [0, 0.05) is 5.92 Å². The zero-order chi connectivity index (χ0) is 20.8. The minimum atomic E-state index is 0.566. The van der Waals surface area contributed by atoms with E-state index in [-0.39, 0.29) is 0 Å². The van der Waals surface area contributed by atoms with Crippen molar-refractivity contribution in [2.75, 3.05) is 0 Å². The van der Waals surface area contributed by atoms with Gasteiger partial charge in [0.15, 0.2) is 0 Å². The van der Waals surface area contributed by atoms with Crippen LogP contribution >= 0.6 is 0 Å². The molecular formula is C29H36. The lowest BCUT2D eigenvalue weighted by molar-refractivity contribution is 0.549. The van der Waals surface area contributed by atoms with Gasteiger partial charge >= 0.3 is 0 Å². The molecule has 0 bridgehead atoms. The second kappa shape index (κ2) is 9.92. The van der Waals surface area contributed by atoms with E-state index in [4.69, 9.17) is 0 Å². The van der Waals surface area contributed by atoms with Gasteiger partial charge in [0.05, 0.1) is 0 Å². The highest BCUT2D eigenvalue weighted by Crippen LogP contribution is 2.40. The Hall–Kier alpha value is -2.34. The van der Waals surface area contributed by atoms with Crippen LogP contribution < -0.4 is 0 Å². The predicted octanol–water partition coefficient (Wildman–Crippen LogP) is 7.83. The van der Waals surface area contributed by atoms with Gasteiger partial charge in [0.2, 0.25) is 0 Å². The van der Waals surface area contributed by atoms with Gasteiger partial charge in [-0.1, -0.05) is 107 Å². The van der Waals surface area contributed by atoms with Crippen LogP contribution in [0.5, 0.6) is 0 Å². The summed E-state index contributed by atoms with van der Waals surface area (Å²) in [6.45, 7) is 11.1. The highest BCUT2D eigenvalue weighted by molar-refractivity contribution is 5.49. The normalized spacial score (nSPS) is 13.8. The number of aryl methyl sites for hydroxylation is 2. The molecule has 29 heavy (non-hydrogen) atoms. The first-order chi connectivity index (χ1) is 14.0. The monoisotopic (exact) mass is 384 g/mol. The summed E-state index contributed by atoms with van der Waals surface area (Å²) in [7, 11) is 0. The Bertz CT molecular complexity index is 845. The van der Waals surface area contributed by atoms with Gasteiger partial charge < -0.3 is 0 Å². The molecule has 3 aromatic carbocycles. The van der Waals surface area contributed by atoms with Crippen LogP contribution in [0.4, 0.5) is 0 Å². The second-order valence-electron chi connectivity index (χ2n) is 9.30. The van der Waals surface area contributed by atoms with Crippen LogP contribution in [0.1, 0.15) is 73.9 Å². The van der Waals surface area contributed by atoms with Crippen molar-refractivity contribution in [1.29, 1.82) is 0 Å². The fourth-order valence-corrected chi connectivity index (χ4v) is 4.23. The Morgan fingerprint density at radius 3 is 1.21 bits per heavy atom. The van der Waals surface area contributed by atoms with Crippen molar-refractivity contribution in [1.82, 2.24) is 0 Å². The molecule has 0 atom stereocenters. The zero-order valence-electron chi connectivity index (χ0n) is 18.8. The molecule has 0 saturated carbocycles. The molecular weight excluding hydrogens is 348 g/mol. The fraction of sp³-hybridized carbons (Fsp3) is 0.379. The molecule has 0 fully saturated rings. The van der Waals surface area contributed by atoms with E-state index in [1.807, 2.05) is 0 Å². The molecule has 0 spiro atoms. The van der Waals surface area contributed by atoms with Crippen LogP contribution in [0.25, 0.3) is 0 Å². The molecule has 0 amide bonds. The fourth-order valence-electron chi connectivity index (χ4n) is 4.23. The number of hydrogen-bond acceptors (Lipinski definition) is 0. The first kappa shape index (κ1) is 21.4. The lowest BCUT2D eigenvalue weighted by Gasteiger charge is -2.31. The summed E-state index contributed by atoms with van der Waals surface area (Å²) in [4.78, 5) is 0. The summed E-state index contributed by atoms with van der Waals surface area (Å²) in [6, 6.07) is 26.4. The largest absolute Gasteiger partial charge is 0.0630 e. The van der Waals surface area contributed by atoms with Crippen molar-refractivity contribution in [3.63, 3.8) is 0 Å². The third-order valence-corrected chi connectivity index (χ3v) is 5.61. The Balaban J connectivity index is 0.000000165. The van der Waals surface area contributed by atoms with Crippen molar-refractivity contribution in [3.05, 3.63) is 106 Å². The average molecular weight is 385 g/mol.